The number of fused-ring (bicyclic) bond motifs is 12. The predicted octanol–water partition coefficient (Wildman–Crippen LogP) is 14.9. The van der Waals surface area contributed by atoms with Crippen molar-refractivity contribution in [2.75, 3.05) is 0 Å². The fourth-order valence-electron chi connectivity index (χ4n) is 10.0. The van der Waals surface area contributed by atoms with Gasteiger partial charge >= 0.3 is 0 Å². The Morgan fingerprint density at radius 1 is 0.281 bits per heavy atom. The van der Waals surface area contributed by atoms with Crippen molar-refractivity contribution in [3.63, 3.8) is 0 Å². The molecule has 0 fully saturated rings. The second-order valence-corrected chi connectivity index (χ2v) is 16.3. The van der Waals surface area contributed by atoms with Crippen molar-refractivity contribution in [3.8, 4) is 45.5 Å². The minimum atomic E-state index is 0.478. The molecule has 0 N–H and O–H groups in total. The number of rotatable bonds is 5. The highest BCUT2D eigenvalue weighted by atomic mass is 16.3. The normalized spacial score (nSPS) is 12.1. The molecule has 14 aromatic rings. The molecule has 0 saturated heterocycles. The van der Waals surface area contributed by atoms with E-state index in [4.69, 9.17) is 23.8 Å². The zero-order valence-corrected chi connectivity index (χ0v) is 34.1. The molecule has 0 aliphatic carbocycles. The lowest BCUT2D eigenvalue weighted by molar-refractivity contribution is 0.669. The van der Waals surface area contributed by atoms with E-state index >= 15 is 0 Å². The molecule has 0 bridgehead atoms. The topological polar surface area (TPSA) is 74.8 Å². The number of hydrogen-bond acceptors (Lipinski definition) is 5. The lowest BCUT2D eigenvalue weighted by atomic mass is 10.0. The summed E-state index contributed by atoms with van der Waals surface area (Å²) in [5.74, 6) is 1.49. The van der Waals surface area contributed by atoms with E-state index in [1.165, 1.54) is 0 Å². The lowest BCUT2D eigenvalue weighted by Crippen LogP contribution is -2.06. The smallest absolute Gasteiger partial charge is 0.170 e. The van der Waals surface area contributed by atoms with Gasteiger partial charge in [-0.1, -0.05) is 140 Å². The Bertz CT molecular complexity index is 3850. The van der Waals surface area contributed by atoms with Crippen molar-refractivity contribution < 1.29 is 8.83 Å². The van der Waals surface area contributed by atoms with Crippen molar-refractivity contribution in [1.82, 2.24) is 24.1 Å². The molecule has 5 aromatic heterocycles. The van der Waals surface area contributed by atoms with Crippen LogP contribution in [0.1, 0.15) is 0 Å². The molecule has 9 aromatic carbocycles. The van der Waals surface area contributed by atoms with Gasteiger partial charge in [0.15, 0.2) is 17.5 Å². The summed E-state index contributed by atoms with van der Waals surface area (Å²) in [5, 5.41) is 8.61. The van der Waals surface area contributed by atoms with Crippen LogP contribution in [0.3, 0.4) is 0 Å². The standard InChI is InChI=1S/C57H33N5O2/c1-2-16-34(17-3-1)55-58-56(51-47(32-30-41-39-22-8-14-28-49(39)63-53(41)51)61-43-24-10-4-18-35(43)36-19-5-11-25-44(36)61)60-57(59-55)52-48(33-31-42-40-23-9-15-29-50(40)64-54(42)52)62-45-26-12-6-20-37(45)38-21-7-13-27-46(38)62/h1-33H. The number of benzene rings is 9. The molecule has 298 valence electrons. The molecule has 0 amide bonds. The summed E-state index contributed by atoms with van der Waals surface area (Å²) in [6.45, 7) is 0. The highest BCUT2D eigenvalue weighted by Gasteiger charge is 2.28. The highest BCUT2D eigenvalue weighted by molar-refractivity contribution is 6.16. The largest absolute Gasteiger partial charge is 0.455 e. The molecule has 0 aliphatic heterocycles. The lowest BCUT2D eigenvalue weighted by Gasteiger charge is -2.17. The summed E-state index contributed by atoms with van der Waals surface area (Å²) in [6, 6.07) is 69.5. The Hall–Kier alpha value is -8.81. The van der Waals surface area contributed by atoms with E-state index in [-0.39, 0.29) is 0 Å². The van der Waals surface area contributed by atoms with Crippen LogP contribution >= 0.6 is 0 Å². The Balaban J connectivity index is 1.16. The van der Waals surface area contributed by atoms with Crippen molar-refractivity contribution in [2.24, 2.45) is 0 Å². The van der Waals surface area contributed by atoms with Crippen molar-refractivity contribution in [3.05, 3.63) is 200 Å². The second-order valence-electron chi connectivity index (χ2n) is 16.3. The van der Waals surface area contributed by atoms with Gasteiger partial charge in [0.1, 0.15) is 22.3 Å². The van der Waals surface area contributed by atoms with Gasteiger partial charge in [-0.15, -0.1) is 0 Å². The van der Waals surface area contributed by atoms with E-state index in [1.54, 1.807) is 0 Å². The Labute approximate surface area is 364 Å². The zero-order valence-electron chi connectivity index (χ0n) is 34.1. The van der Waals surface area contributed by atoms with E-state index in [0.29, 0.717) is 28.6 Å². The molecule has 0 radical (unpaired) electrons. The van der Waals surface area contributed by atoms with Crippen molar-refractivity contribution in [2.45, 2.75) is 0 Å². The maximum absolute atomic E-state index is 6.94. The van der Waals surface area contributed by atoms with Gasteiger partial charge in [-0.3, -0.25) is 0 Å². The SMILES string of the molecule is c1ccc(-c2nc(-c3c(-n4c5ccccc5c5ccccc54)ccc4c3oc3ccccc34)nc(-c3c(-n4c5ccccc5c5ccccc54)ccc4c3oc3ccccc34)n2)cc1. The second kappa shape index (κ2) is 13.3. The van der Waals surface area contributed by atoms with E-state index in [9.17, 15) is 0 Å². The third-order valence-electron chi connectivity index (χ3n) is 12.8. The van der Waals surface area contributed by atoms with Crippen molar-refractivity contribution in [1.29, 1.82) is 0 Å². The summed E-state index contributed by atoms with van der Waals surface area (Å²) >= 11 is 0. The fourth-order valence-corrected chi connectivity index (χ4v) is 10.0. The number of aromatic nitrogens is 5. The average molecular weight is 820 g/mol. The minimum absolute atomic E-state index is 0.478. The van der Waals surface area contributed by atoms with Gasteiger partial charge in [0, 0.05) is 48.7 Å². The first-order valence-corrected chi connectivity index (χ1v) is 21.4. The van der Waals surface area contributed by atoms with Crippen LogP contribution in [0.4, 0.5) is 0 Å². The first-order valence-electron chi connectivity index (χ1n) is 21.4. The van der Waals surface area contributed by atoms with Crippen LogP contribution in [0.25, 0.3) is 133 Å². The molecular weight excluding hydrogens is 787 g/mol. The van der Waals surface area contributed by atoms with Gasteiger partial charge in [-0.2, -0.15) is 0 Å². The maximum Gasteiger partial charge on any atom is 0.170 e. The van der Waals surface area contributed by atoms with Gasteiger partial charge in [0.2, 0.25) is 0 Å². The van der Waals surface area contributed by atoms with Gasteiger partial charge in [-0.05, 0) is 60.7 Å². The van der Waals surface area contributed by atoms with Crippen LogP contribution in [0.15, 0.2) is 209 Å². The summed E-state index contributed by atoms with van der Waals surface area (Å²) in [6.07, 6.45) is 0. The summed E-state index contributed by atoms with van der Waals surface area (Å²) in [7, 11) is 0. The number of nitrogens with zero attached hydrogens (tertiary/aromatic N) is 5. The van der Waals surface area contributed by atoms with Crippen LogP contribution in [-0.2, 0) is 0 Å². The zero-order chi connectivity index (χ0) is 41.9. The molecule has 0 saturated carbocycles. The van der Waals surface area contributed by atoms with Gasteiger partial charge in [-0.25, -0.2) is 15.0 Å². The third kappa shape index (κ3) is 4.94. The number of para-hydroxylation sites is 6. The van der Waals surface area contributed by atoms with E-state index in [1.807, 2.05) is 54.6 Å². The summed E-state index contributed by atoms with van der Waals surface area (Å²) in [4.78, 5) is 16.5. The third-order valence-corrected chi connectivity index (χ3v) is 12.8. The molecule has 7 heteroatoms. The molecule has 0 aliphatic rings. The Kier molecular flexibility index (Phi) is 7.27. The van der Waals surface area contributed by atoms with Crippen LogP contribution < -0.4 is 0 Å². The maximum atomic E-state index is 6.94. The number of furan rings is 2. The average Bonchev–Trinajstić information content (AvgIpc) is 4.11. The van der Waals surface area contributed by atoms with Crippen molar-refractivity contribution >= 4 is 87.5 Å². The molecule has 0 atom stereocenters. The number of hydrogen-bond donors (Lipinski definition) is 0. The summed E-state index contributed by atoms with van der Waals surface area (Å²) in [5.41, 5.74) is 11.4. The van der Waals surface area contributed by atoms with E-state index < -0.39 is 0 Å². The van der Waals surface area contributed by atoms with Gasteiger partial charge in [0.05, 0.1) is 44.6 Å². The van der Waals surface area contributed by atoms with Crippen LogP contribution in [0.5, 0.6) is 0 Å². The van der Waals surface area contributed by atoms with Crippen LogP contribution in [0, 0.1) is 0 Å². The molecule has 0 spiro atoms. The molecule has 0 unspecified atom stereocenters. The molecular formula is C57H33N5O2. The Morgan fingerprint density at radius 3 is 1.05 bits per heavy atom. The van der Waals surface area contributed by atoms with Crippen LogP contribution in [-0.4, -0.2) is 24.1 Å². The molecule has 14 rings (SSSR count). The van der Waals surface area contributed by atoms with E-state index in [2.05, 4.69) is 155 Å². The summed E-state index contributed by atoms with van der Waals surface area (Å²) < 4.78 is 18.5. The van der Waals surface area contributed by atoms with Gasteiger partial charge < -0.3 is 18.0 Å². The monoisotopic (exact) mass is 819 g/mol. The highest BCUT2D eigenvalue weighted by Crippen LogP contribution is 2.45. The molecule has 7 nitrogen and oxygen atoms in total. The quantitative estimate of drug-likeness (QED) is 0.173. The van der Waals surface area contributed by atoms with E-state index in [0.717, 1.165) is 104 Å². The Morgan fingerprint density at radius 2 is 0.625 bits per heavy atom. The minimum Gasteiger partial charge on any atom is -0.455 e. The first-order chi connectivity index (χ1) is 31.8. The predicted molar refractivity (Wildman–Crippen MR) is 259 cm³/mol. The fraction of sp³-hybridized carbons (Fsp3) is 0. The molecule has 64 heavy (non-hydrogen) atoms. The molecule has 5 heterocycles. The van der Waals surface area contributed by atoms with Gasteiger partial charge in [0.25, 0.3) is 0 Å². The van der Waals surface area contributed by atoms with Crippen LogP contribution in [0.2, 0.25) is 0 Å². The first kappa shape index (κ1) is 34.9.